The number of carbonyl (C=O) groups excluding carboxylic acids is 1. The number of benzene rings is 2. The van der Waals surface area contributed by atoms with E-state index in [-0.39, 0.29) is 18.3 Å². The number of anilines is 2. The average molecular weight is 537 g/mol. The Balaban J connectivity index is 1.62. The predicted octanol–water partition coefficient (Wildman–Crippen LogP) is 5.64. The zero-order valence-electron chi connectivity index (χ0n) is 18.1. The number of methoxy groups -OCH3 is 1. The average Bonchev–Trinajstić information content (AvgIpc) is 2.79. The molecule has 0 aliphatic heterocycles. The van der Waals surface area contributed by atoms with Gasteiger partial charge in [0, 0.05) is 11.9 Å². The van der Waals surface area contributed by atoms with Crippen LogP contribution in [-0.2, 0) is 11.0 Å². The molecule has 2 aromatic carbocycles. The summed E-state index contributed by atoms with van der Waals surface area (Å²) in [7, 11) is 1.45. The fraction of sp³-hybridized carbons (Fsp3) is 0.174. The second kappa shape index (κ2) is 11.0. The van der Waals surface area contributed by atoms with Crippen LogP contribution in [0, 0.1) is 6.92 Å². The second-order valence-corrected chi connectivity index (χ2v) is 7.89. The second-order valence-electron chi connectivity index (χ2n) is 7.04. The molecule has 0 aliphatic rings. The van der Waals surface area contributed by atoms with Gasteiger partial charge in [-0.05, 0) is 64.8 Å². The van der Waals surface area contributed by atoms with Crippen LogP contribution < -0.4 is 20.2 Å². The normalized spacial score (nSPS) is 11.4. The maximum absolute atomic E-state index is 12.6. The van der Waals surface area contributed by atoms with E-state index >= 15 is 0 Å². The molecule has 0 saturated carbocycles. The summed E-state index contributed by atoms with van der Waals surface area (Å²) in [5.41, 5.74) is 4.05. The highest BCUT2D eigenvalue weighted by atomic mass is 79.9. The smallest absolute Gasteiger partial charge is 0.417 e. The van der Waals surface area contributed by atoms with Crippen molar-refractivity contribution in [1.82, 2.24) is 4.98 Å². The Kier molecular flexibility index (Phi) is 8.11. The van der Waals surface area contributed by atoms with Gasteiger partial charge in [0.2, 0.25) is 0 Å². The topological polar surface area (TPSA) is 84.8 Å². The van der Waals surface area contributed by atoms with Gasteiger partial charge in [-0.3, -0.25) is 10.2 Å². The van der Waals surface area contributed by atoms with Gasteiger partial charge in [-0.1, -0.05) is 17.7 Å². The number of ether oxygens (including phenoxy) is 2. The van der Waals surface area contributed by atoms with Gasteiger partial charge in [-0.25, -0.2) is 4.98 Å². The highest BCUT2D eigenvalue weighted by Gasteiger charge is 2.30. The van der Waals surface area contributed by atoms with Crippen molar-refractivity contribution in [3.05, 3.63) is 75.9 Å². The van der Waals surface area contributed by atoms with E-state index in [4.69, 9.17) is 9.47 Å². The van der Waals surface area contributed by atoms with E-state index in [1.807, 2.05) is 19.1 Å². The number of rotatable bonds is 8. The van der Waals surface area contributed by atoms with Gasteiger partial charge < -0.3 is 14.8 Å². The van der Waals surface area contributed by atoms with Crippen LogP contribution in [0.4, 0.5) is 24.7 Å². The van der Waals surface area contributed by atoms with E-state index in [0.717, 1.165) is 17.8 Å². The van der Waals surface area contributed by atoms with E-state index in [2.05, 4.69) is 36.8 Å². The number of halogens is 4. The molecule has 0 aliphatic carbocycles. The molecule has 1 amide bonds. The van der Waals surface area contributed by atoms with E-state index in [1.165, 1.54) is 19.4 Å². The summed E-state index contributed by atoms with van der Waals surface area (Å²) in [6, 6.07) is 12.8. The molecule has 3 rings (SSSR count). The molecule has 34 heavy (non-hydrogen) atoms. The summed E-state index contributed by atoms with van der Waals surface area (Å²) in [6.45, 7) is 1.71. The number of aromatic nitrogens is 1. The zero-order chi connectivity index (χ0) is 24.7. The zero-order valence-corrected chi connectivity index (χ0v) is 19.7. The lowest BCUT2D eigenvalue weighted by Crippen LogP contribution is -2.20. The third-order valence-corrected chi connectivity index (χ3v) is 5.01. The number of hydrogen-bond donors (Lipinski definition) is 2. The highest BCUT2D eigenvalue weighted by molar-refractivity contribution is 9.10. The monoisotopic (exact) mass is 536 g/mol. The van der Waals surface area contributed by atoms with Crippen molar-refractivity contribution >= 4 is 39.6 Å². The summed E-state index contributed by atoms with van der Waals surface area (Å²) in [5, 5.41) is 6.72. The molecular weight excluding hydrogens is 517 g/mol. The predicted molar refractivity (Wildman–Crippen MR) is 126 cm³/mol. The van der Waals surface area contributed by atoms with Crippen LogP contribution in [0.2, 0.25) is 0 Å². The Hall–Kier alpha value is -3.60. The van der Waals surface area contributed by atoms with Crippen LogP contribution in [0.25, 0.3) is 0 Å². The Morgan fingerprint density at radius 1 is 1.18 bits per heavy atom. The molecule has 0 bridgehead atoms. The molecule has 11 heteroatoms. The lowest BCUT2D eigenvalue weighted by atomic mass is 10.2. The van der Waals surface area contributed by atoms with Crippen LogP contribution in [-0.4, -0.2) is 30.8 Å². The molecule has 1 aromatic heterocycles. The third-order valence-electron chi connectivity index (χ3n) is 4.42. The van der Waals surface area contributed by atoms with Gasteiger partial charge in [0.25, 0.3) is 5.91 Å². The Bertz CT molecular complexity index is 1170. The van der Waals surface area contributed by atoms with E-state index in [9.17, 15) is 18.0 Å². The molecule has 0 unspecified atom stereocenters. The van der Waals surface area contributed by atoms with Gasteiger partial charge in [-0.15, -0.1) is 0 Å². The van der Waals surface area contributed by atoms with Crippen molar-refractivity contribution in [2.24, 2.45) is 5.10 Å². The summed E-state index contributed by atoms with van der Waals surface area (Å²) >= 11 is 3.39. The summed E-state index contributed by atoms with van der Waals surface area (Å²) in [6.07, 6.45) is -2.30. The Morgan fingerprint density at radius 2 is 1.91 bits per heavy atom. The molecular formula is C23H20BrF3N4O3. The van der Waals surface area contributed by atoms with Crippen molar-refractivity contribution in [2.75, 3.05) is 24.5 Å². The SMILES string of the molecule is COc1cc(/C=N\Nc2ccc(C(F)(F)F)cn2)cc(Br)c1OCC(=O)Nc1ccc(C)cc1. The van der Waals surface area contributed by atoms with Crippen molar-refractivity contribution in [3.8, 4) is 11.5 Å². The van der Waals surface area contributed by atoms with Gasteiger partial charge >= 0.3 is 6.18 Å². The number of amides is 1. The molecule has 0 fully saturated rings. The minimum Gasteiger partial charge on any atom is -0.493 e. The van der Waals surface area contributed by atoms with Crippen LogP contribution in [0.15, 0.2) is 64.3 Å². The first-order valence-electron chi connectivity index (χ1n) is 9.85. The number of alkyl halides is 3. The lowest BCUT2D eigenvalue weighted by molar-refractivity contribution is -0.137. The Morgan fingerprint density at radius 3 is 2.53 bits per heavy atom. The molecule has 0 spiro atoms. The fourth-order valence-electron chi connectivity index (χ4n) is 2.73. The van der Waals surface area contributed by atoms with Crippen molar-refractivity contribution in [2.45, 2.75) is 13.1 Å². The van der Waals surface area contributed by atoms with E-state index in [1.54, 1.807) is 24.3 Å². The summed E-state index contributed by atoms with van der Waals surface area (Å²) in [4.78, 5) is 15.9. The van der Waals surface area contributed by atoms with Crippen molar-refractivity contribution < 1.29 is 27.4 Å². The molecule has 178 valence electrons. The number of nitrogens with zero attached hydrogens (tertiary/aromatic N) is 2. The molecule has 7 nitrogen and oxygen atoms in total. The van der Waals surface area contributed by atoms with Crippen LogP contribution in [0.1, 0.15) is 16.7 Å². The number of carbonyl (C=O) groups is 1. The van der Waals surface area contributed by atoms with Gasteiger partial charge in [0.15, 0.2) is 18.1 Å². The first-order valence-corrected chi connectivity index (χ1v) is 10.6. The van der Waals surface area contributed by atoms with Crippen LogP contribution in [0.3, 0.4) is 0 Å². The molecule has 3 aromatic rings. The minimum absolute atomic E-state index is 0.148. The third kappa shape index (κ3) is 6.95. The molecule has 2 N–H and O–H groups in total. The standard InChI is InChI=1S/C23H20BrF3N4O3/c1-14-3-6-17(7-4-14)30-21(32)13-34-22-18(24)9-15(10-19(22)33-2)11-29-31-20-8-5-16(12-28-20)23(25,26)27/h3-12H,13H2,1-2H3,(H,28,31)(H,30,32)/b29-11-. The first-order chi connectivity index (χ1) is 16.2. The number of pyridine rings is 1. The maximum atomic E-state index is 12.6. The highest BCUT2D eigenvalue weighted by Crippen LogP contribution is 2.36. The number of hydrogen-bond acceptors (Lipinski definition) is 6. The van der Waals surface area contributed by atoms with Crippen molar-refractivity contribution in [3.63, 3.8) is 0 Å². The van der Waals surface area contributed by atoms with Crippen LogP contribution >= 0.6 is 15.9 Å². The largest absolute Gasteiger partial charge is 0.493 e. The quantitative estimate of drug-likeness (QED) is 0.287. The molecule has 0 saturated heterocycles. The summed E-state index contributed by atoms with van der Waals surface area (Å²) < 4.78 is 49.3. The van der Waals surface area contributed by atoms with Crippen LogP contribution in [0.5, 0.6) is 11.5 Å². The lowest BCUT2D eigenvalue weighted by Gasteiger charge is -2.13. The maximum Gasteiger partial charge on any atom is 0.417 e. The van der Waals surface area contributed by atoms with Gasteiger partial charge in [0.1, 0.15) is 5.82 Å². The molecule has 1 heterocycles. The Labute approximate surface area is 202 Å². The number of aryl methyl sites for hydroxylation is 1. The fourth-order valence-corrected chi connectivity index (χ4v) is 3.30. The van der Waals surface area contributed by atoms with E-state index < -0.39 is 11.7 Å². The van der Waals surface area contributed by atoms with Gasteiger partial charge in [-0.2, -0.15) is 18.3 Å². The minimum atomic E-state index is -4.46. The van der Waals surface area contributed by atoms with E-state index in [0.29, 0.717) is 27.2 Å². The molecule has 0 atom stereocenters. The van der Waals surface area contributed by atoms with Crippen molar-refractivity contribution in [1.29, 1.82) is 0 Å². The summed E-state index contributed by atoms with van der Waals surface area (Å²) in [5.74, 6) is 0.495. The van der Waals surface area contributed by atoms with Gasteiger partial charge in [0.05, 0.1) is 23.4 Å². The first kappa shape index (κ1) is 25.0. The molecule has 0 radical (unpaired) electrons. The number of hydrazone groups is 1. The number of nitrogens with one attached hydrogen (secondary N) is 2.